The van der Waals surface area contributed by atoms with Crippen LogP contribution < -0.4 is 10.6 Å². The summed E-state index contributed by atoms with van der Waals surface area (Å²) in [6.45, 7) is 4.53. The van der Waals surface area contributed by atoms with Crippen molar-refractivity contribution in [3.8, 4) is 0 Å². The SMILES string of the molecule is CC(C)CCCCCP(=O)(c1ccccc1)c1ccccc1. The highest BCUT2D eigenvalue weighted by molar-refractivity contribution is 7.78. The van der Waals surface area contributed by atoms with E-state index >= 15 is 0 Å². The van der Waals surface area contributed by atoms with Gasteiger partial charge in [-0.25, -0.2) is 0 Å². The van der Waals surface area contributed by atoms with E-state index < -0.39 is 7.14 Å². The summed E-state index contributed by atoms with van der Waals surface area (Å²) in [6.07, 6.45) is 5.48. The molecule has 0 bridgehead atoms. The Labute approximate surface area is 135 Å². The zero-order valence-electron chi connectivity index (χ0n) is 13.7. The van der Waals surface area contributed by atoms with Gasteiger partial charge in [-0.1, -0.05) is 93.8 Å². The second-order valence-corrected chi connectivity index (χ2v) is 9.34. The molecule has 2 heteroatoms. The summed E-state index contributed by atoms with van der Waals surface area (Å²) >= 11 is 0. The first kappa shape index (κ1) is 17.0. The van der Waals surface area contributed by atoms with Gasteiger partial charge in [0.15, 0.2) is 0 Å². The van der Waals surface area contributed by atoms with Crippen molar-refractivity contribution in [1.29, 1.82) is 0 Å². The van der Waals surface area contributed by atoms with Crippen molar-refractivity contribution >= 4 is 17.8 Å². The molecule has 0 heterocycles. The molecule has 0 aliphatic heterocycles. The van der Waals surface area contributed by atoms with E-state index in [0.29, 0.717) is 0 Å². The largest absolute Gasteiger partial charge is 0.314 e. The molecule has 1 nitrogen and oxygen atoms in total. The maximum Gasteiger partial charge on any atom is 0.143 e. The lowest BCUT2D eigenvalue weighted by atomic mass is 10.1. The Bertz CT molecular complexity index is 546. The molecule has 22 heavy (non-hydrogen) atoms. The molecule has 2 rings (SSSR count). The average molecular weight is 314 g/mol. The lowest BCUT2D eigenvalue weighted by Crippen LogP contribution is -2.18. The van der Waals surface area contributed by atoms with Gasteiger partial charge in [0.05, 0.1) is 0 Å². The molecule has 0 aliphatic rings. The smallest absolute Gasteiger partial charge is 0.143 e. The van der Waals surface area contributed by atoms with E-state index in [0.717, 1.165) is 29.1 Å². The van der Waals surface area contributed by atoms with E-state index in [1.165, 1.54) is 19.3 Å². The van der Waals surface area contributed by atoms with Crippen molar-refractivity contribution in [2.24, 2.45) is 5.92 Å². The molecule has 0 spiro atoms. The Hall–Kier alpha value is -1.33. The number of unbranched alkanes of at least 4 members (excludes halogenated alkanes) is 2. The van der Waals surface area contributed by atoms with Gasteiger partial charge < -0.3 is 4.57 Å². The maximum absolute atomic E-state index is 13.7. The fraction of sp³-hybridized carbons (Fsp3) is 0.400. The van der Waals surface area contributed by atoms with Crippen LogP contribution in [0.1, 0.15) is 39.5 Å². The molecule has 2 aromatic carbocycles. The Morgan fingerprint density at radius 2 is 1.27 bits per heavy atom. The molecule has 0 N–H and O–H groups in total. The molecule has 0 aliphatic carbocycles. The molecule has 0 unspecified atom stereocenters. The van der Waals surface area contributed by atoms with Crippen molar-refractivity contribution in [1.82, 2.24) is 0 Å². The Kier molecular flexibility index (Phi) is 6.46. The summed E-state index contributed by atoms with van der Waals surface area (Å²) in [5, 5.41) is 1.98. The van der Waals surface area contributed by atoms with Crippen LogP contribution in [0, 0.1) is 5.92 Å². The predicted octanol–water partition coefficient (Wildman–Crippen LogP) is 5.22. The fourth-order valence-corrected chi connectivity index (χ4v) is 5.60. The lowest BCUT2D eigenvalue weighted by molar-refractivity contribution is 0.532. The normalized spacial score (nSPS) is 11.8. The monoisotopic (exact) mass is 314 g/mol. The van der Waals surface area contributed by atoms with Crippen LogP contribution in [0.25, 0.3) is 0 Å². The summed E-state index contributed by atoms with van der Waals surface area (Å²) in [7, 11) is -2.49. The van der Waals surface area contributed by atoms with E-state index in [2.05, 4.69) is 13.8 Å². The zero-order chi connectivity index (χ0) is 15.8. The molecule has 0 aromatic heterocycles. The minimum absolute atomic E-state index is 0.759. The zero-order valence-corrected chi connectivity index (χ0v) is 14.6. The minimum Gasteiger partial charge on any atom is -0.314 e. The van der Waals surface area contributed by atoms with Crippen LogP contribution in [0.5, 0.6) is 0 Å². The van der Waals surface area contributed by atoms with Gasteiger partial charge in [0.1, 0.15) is 7.14 Å². The van der Waals surface area contributed by atoms with Crippen LogP contribution in [0.4, 0.5) is 0 Å². The van der Waals surface area contributed by atoms with Crippen LogP contribution in [0.2, 0.25) is 0 Å². The van der Waals surface area contributed by atoms with Crippen LogP contribution in [-0.2, 0) is 4.57 Å². The second kappa shape index (κ2) is 8.34. The highest BCUT2D eigenvalue weighted by atomic mass is 31.2. The van der Waals surface area contributed by atoms with Gasteiger partial charge in [-0.3, -0.25) is 0 Å². The summed E-state index contributed by atoms with van der Waals surface area (Å²) in [4.78, 5) is 0. The first-order chi connectivity index (χ1) is 10.6. The molecule has 2 aromatic rings. The van der Waals surface area contributed by atoms with E-state index in [-0.39, 0.29) is 0 Å². The Balaban J connectivity index is 2.12. The first-order valence-electron chi connectivity index (χ1n) is 8.33. The molecule has 0 fully saturated rings. The molecule has 0 saturated carbocycles. The van der Waals surface area contributed by atoms with Gasteiger partial charge in [-0.05, 0) is 12.3 Å². The number of hydrogen-bond donors (Lipinski definition) is 0. The molecule has 118 valence electrons. The highest BCUT2D eigenvalue weighted by Crippen LogP contribution is 2.44. The summed E-state index contributed by atoms with van der Waals surface area (Å²) in [5.74, 6) is 0.759. The molecular weight excluding hydrogens is 287 g/mol. The number of benzene rings is 2. The van der Waals surface area contributed by atoms with Crippen LogP contribution in [-0.4, -0.2) is 6.16 Å². The van der Waals surface area contributed by atoms with Crippen molar-refractivity contribution in [2.75, 3.05) is 6.16 Å². The van der Waals surface area contributed by atoms with Gasteiger partial charge in [-0.15, -0.1) is 0 Å². The third-order valence-electron chi connectivity index (χ3n) is 4.10. The van der Waals surface area contributed by atoms with Crippen molar-refractivity contribution in [3.05, 3.63) is 60.7 Å². The van der Waals surface area contributed by atoms with Gasteiger partial charge in [0.25, 0.3) is 0 Å². The Morgan fingerprint density at radius 1 is 0.773 bits per heavy atom. The summed E-state index contributed by atoms with van der Waals surface area (Å²) < 4.78 is 13.7. The minimum atomic E-state index is -2.49. The highest BCUT2D eigenvalue weighted by Gasteiger charge is 2.26. The van der Waals surface area contributed by atoms with Crippen molar-refractivity contribution < 1.29 is 4.57 Å². The quantitative estimate of drug-likeness (QED) is 0.482. The number of hydrogen-bond acceptors (Lipinski definition) is 1. The standard InChI is InChI=1S/C20H27OP/c1-18(2)12-6-5-11-17-22(21,19-13-7-3-8-14-19)20-15-9-4-10-16-20/h3-4,7-10,13-16,18H,5-6,11-12,17H2,1-2H3. The van der Waals surface area contributed by atoms with E-state index in [1.807, 2.05) is 60.7 Å². The average Bonchev–Trinajstić information content (AvgIpc) is 2.55. The molecule has 0 amide bonds. The second-order valence-electron chi connectivity index (χ2n) is 6.38. The predicted molar refractivity (Wildman–Crippen MR) is 97.9 cm³/mol. The third kappa shape index (κ3) is 4.58. The molecule has 0 radical (unpaired) electrons. The van der Waals surface area contributed by atoms with Gasteiger partial charge >= 0.3 is 0 Å². The molecule has 0 atom stereocenters. The first-order valence-corrected chi connectivity index (χ1v) is 10.2. The van der Waals surface area contributed by atoms with E-state index in [9.17, 15) is 4.57 Å². The van der Waals surface area contributed by atoms with E-state index in [4.69, 9.17) is 0 Å². The third-order valence-corrected chi connectivity index (χ3v) is 7.31. The summed E-state index contributed by atoms with van der Waals surface area (Å²) in [5.41, 5.74) is 0. The van der Waals surface area contributed by atoms with Crippen molar-refractivity contribution in [2.45, 2.75) is 39.5 Å². The molecular formula is C20H27OP. The van der Waals surface area contributed by atoms with E-state index in [1.54, 1.807) is 0 Å². The van der Waals surface area contributed by atoms with Crippen LogP contribution in [0.15, 0.2) is 60.7 Å². The molecule has 0 saturated heterocycles. The fourth-order valence-electron chi connectivity index (χ4n) is 2.81. The summed E-state index contributed by atoms with van der Waals surface area (Å²) in [6, 6.07) is 20.0. The lowest BCUT2D eigenvalue weighted by Gasteiger charge is -2.19. The van der Waals surface area contributed by atoms with Gasteiger partial charge in [-0.2, -0.15) is 0 Å². The van der Waals surface area contributed by atoms with Gasteiger partial charge in [0.2, 0.25) is 0 Å². The number of rotatable bonds is 8. The topological polar surface area (TPSA) is 17.1 Å². The maximum atomic E-state index is 13.7. The van der Waals surface area contributed by atoms with Crippen molar-refractivity contribution in [3.63, 3.8) is 0 Å². The van der Waals surface area contributed by atoms with Crippen LogP contribution in [0.3, 0.4) is 0 Å². The van der Waals surface area contributed by atoms with Crippen LogP contribution >= 0.6 is 7.14 Å². The van der Waals surface area contributed by atoms with Gasteiger partial charge in [0, 0.05) is 16.8 Å². The Morgan fingerprint density at radius 3 is 1.73 bits per heavy atom.